The van der Waals surface area contributed by atoms with Gasteiger partial charge in [0.05, 0.1) is 5.71 Å². The fourth-order valence-electron chi connectivity index (χ4n) is 3.46. The van der Waals surface area contributed by atoms with Crippen molar-refractivity contribution in [2.24, 2.45) is 4.99 Å². The highest BCUT2D eigenvalue weighted by Crippen LogP contribution is 2.33. The molecule has 0 aromatic heterocycles. The fraction of sp³-hybridized carbons (Fsp3) is 0.333. The first kappa shape index (κ1) is 17.7. The average Bonchev–Trinajstić information content (AvgIpc) is 3.45. The second kappa shape index (κ2) is 7.82. The van der Waals surface area contributed by atoms with Crippen LogP contribution in [0.3, 0.4) is 0 Å². The van der Waals surface area contributed by atoms with Crippen LogP contribution in [0.4, 0.5) is 0 Å². The van der Waals surface area contributed by atoms with Crippen LogP contribution in [0.5, 0.6) is 0 Å². The molecule has 1 aliphatic rings. The lowest BCUT2D eigenvalue weighted by Crippen LogP contribution is -2.09. The number of aryl methyl sites for hydroxylation is 3. The fourth-order valence-corrected chi connectivity index (χ4v) is 3.46. The number of hydrogen-bond acceptors (Lipinski definition) is 1. The molecule has 0 saturated carbocycles. The zero-order chi connectivity index (χ0) is 17.8. The molecule has 25 heavy (non-hydrogen) atoms. The quantitative estimate of drug-likeness (QED) is 0.555. The zero-order valence-electron chi connectivity index (χ0n) is 15.9. The molecule has 1 nitrogen and oxygen atoms in total. The van der Waals surface area contributed by atoms with Crippen molar-refractivity contribution in [1.82, 2.24) is 0 Å². The van der Waals surface area contributed by atoms with Crippen molar-refractivity contribution in [1.29, 1.82) is 0 Å². The summed E-state index contributed by atoms with van der Waals surface area (Å²) in [4.78, 5) is 4.89. The molecule has 0 N–H and O–H groups in total. The lowest BCUT2D eigenvalue weighted by Gasteiger charge is -2.15. The standard InChI is InChI=1S/C24H28N/c1-5-8-20-16-21(12-14-22(20)19-10-11-19)24(25-7-3)23-13-9-17(4)15-18(23)6-2/h9-16H,5-8H2,1-4H3. The largest absolute Gasteiger partial charge is 0.284 e. The smallest absolute Gasteiger partial charge is 0.0721 e. The molecule has 0 atom stereocenters. The van der Waals surface area contributed by atoms with Crippen molar-refractivity contribution < 1.29 is 0 Å². The van der Waals surface area contributed by atoms with E-state index in [1.54, 1.807) is 0 Å². The lowest BCUT2D eigenvalue weighted by atomic mass is 9.91. The molecule has 0 fully saturated rings. The molecule has 0 spiro atoms. The molecule has 1 aliphatic carbocycles. The molecule has 0 aliphatic heterocycles. The predicted molar refractivity (Wildman–Crippen MR) is 109 cm³/mol. The Bertz CT molecular complexity index is 824. The molecule has 0 heterocycles. The van der Waals surface area contributed by atoms with Crippen LogP contribution in [0.2, 0.25) is 0 Å². The molecule has 2 aromatic carbocycles. The number of rotatable bonds is 7. The molecule has 3 rings (SSSR count). The lowest BCUT2D eigenvalue weighted by molar-refractivity contribution is 0.918. The van der Waals surface area contributed by atoms with E-state index in [1.165, 1.54) is 39.0 Å². The van der Waals surface area contributed by atoms with Gasteiger partial charge in [0, 0.05) is 24.1 Å². The molecule has 0 unspecified atom stereocenters. The first-order valence-corrected chi connectivity index (χ1v) is 9.51. The Kier molecular flexibility index (Phi) is 5.53. The second-order valence-corrected chi connectivity index (χ2v) is 6.75. The molecule has 2 aromatic rings. The summed E-state index contributed by atoms with van der Waals surface area (Å²) in [5.74, 6) is 0. The van der Waals surface area contributed by atoms with Crippen molar-refractivity contribution in [3.8, 4) is 0 Å². The minimum Gasteiger partial charge on any atom is -0.284 e. The molecular formula is C24H28N. The van der Waals surface area contributed by atoms with E-state index in [0.717, 1.165) is 31.5 Å². The third kappa shape index (κ3) is 3.92. The Hall–Kier alpha value is -2.15. The van der Waals surface area contributed by atoms with Crippen LogP contribution < -0.4 is 0 Å². The summed E-state index contributed by atoms with van der Waals surface area (Å²) in [6, 6.07) is 13.6. The number of allylic oxidation sites excluding steroid dienone is 2. The molecule has 1 heteroatoms. The summed E-state index contributed by atoms with van der Waals surface area (Å²) in [5, 5.41) is 0. The molecular weight excluding hydrogens is 302 g/mol. The van der Waals surface area contributed by atoms with Gasteiger partial charge in [-0.15, -0.1) is 0 Å². The Morgan fingerprint density at radius 3 is 2.40 bits per heavy atom. The van der Waals surface area contributed by atoms with Gasteiger partial charge in [-0.2, -0.15) is 0 Å². The Labute approximate surface area is 152 Å². The maximum Gasteiger partial charge on any atom is 0.0721 e. The Morgan fingerprint density at radius 2 is 1.76 bits per heavy atom. The van der Waals surface area contributed by atoms with E-state index in [4.69, 9.17) is 4.99 Å². The first-order valence-electron chi connectivity index (χ1n) is 9.51. The summed E-state index contributed by atoms with van der Waals surface area (Å²) in [6.07, 6.45) is 7.70. The van der Waals surface area contributed by atoms with Gasteiger partial charge in [0.25, 0.3) is 0 Å². The monoisotopic (exact) mass is 330 g/mol. The van der Waals surface area contributed by atoms with Gasteiger partial charge in [-0.1, -0.05) is 62.2 Å². The van der Waals surface area contributed by atoms with Crippen molar-refractivity contribution in [3.05, 3.63) is 82.3 Å². The molecule has 0 amide bonds. The van der Waals surface area contributed by atoms with Gasteiger partial charge in [0.15, 0.2) is 0 Å². The zero-order valence-corrected chi connectivity index (χ0v) is 15.9. The van der Waals surface area contributed by atoms with Crippen molar-refractivity contribution in [3.63, 3.8) is 0 Å². The van der Waals surface area contributed by atoms with Crippen LogP contribution in [0, 0.1) is 13.3 Å². The second-order valence-electron chi connectivity index (χ2n) is 6.75. The molecule has 1 radical (unpaired) electrons. The van der Waals surface area contributed by atoms with Crippen LogP contribution in [-0.2, 0) is 12.8 Å². The molecule has 0 saturated heterocycles. The minimum absolute atomic E-state index is 0.802. The summed E-state index contributed by atoms with van der Waals surface area (Å²) >= 11 is 0. The van der Waals surface area contributed by atoms with Gasteiger partial charge < -0.3 is 0 Å². The van der Waals surface area contributed by atoms with E-state index in [2.05, 4.69) is 76.6 Å². The molecule has 129 valence electrons. The van der Waals surface area contributed by atoms with E-state index in [0.29, 0.717) is 0 Å². The van der Waals surface area contributed by atoms with E-state index < -0.39 is 0 Å². The third-order valence-corrected chi connectivity index (χ3v) is 4.76. The van der Waals surface area contributed by atoms with Crippen molar-refractivity contribution in [2.75, 3.05) is 6.54 Å². The maximum absolute atomic E-state index is 4.89. The predicted octanol–water partition coefficient (Wildman–Crippen LogP) is 5.97. The first-order chi connectivity index (χ1) is 12.2. The summed E-state index contributed by atoms with van der Waals surface area (Å²) in [7, 11) is 0. The van der Waals surface area contributed by atoms with E-state index in [9.17, 15) is 0 Å². The highest BCUT2D eigenvalue weighted by molar-refractivity contribution is 6.14. The number of benzene rings is 2. The topological polar surface area (TPSA) is 12.4 Å². The number of aliphatic imine (C=N–C) groups is 1. The summed E-state index contributed by atoms with van der Waals surface area (Å²) < 4.78 is 0. The Morgan fingerprint density at radius 1 is 0.960 bits per heavy atom. The van der Waals surface area contributed by atoms with E-state index in [1.807, 2.05) is 0 Å². The van der Waals surface area contributed by atoms with E-state index >= 15 is 0 Å². The number of nitrogens with zero attached hydrogens (tertiary/aromatic N) is 1. The van der Waals surface area contributed by atoms with Crippen molar-refractivity contribution in [2.45, 2.75) is 47.0 Å². The van der Waals surface area contributed by atoms with Crippen LogP contribution in [0.1, 0.15) is 60.6 Å². The highest BCUT2D eigenvalue weighted by Gasteiger charge is 2.17. The van der Waals surface area contributed by atoms with Crippen LogP contribution in [0.25, 0.3) is 5.57 Å². The Balaban J connectivity index is 2.09. The molecule has 0 bridgehead atoms. The van der Waals surface area contributed by atoms with Gasteiger partial charge in [-0.05, 0) is 55.0 Å². The van der Waals surface area contributed by atoms with Gasteiger partial charge in [-0.25, -0.2) is 0 Å². The van der Waals surface area contributed by atoms with Gasteiger partial charge >= 0.3 is 0 Å². The number of hydrogen-bond donors (Lipinski definition) is 0. The SMILES string of the molecule is CCCc1cc(C(=NCC)c2ccc(C)cc2CC)ccc1C1=C[CH]1. The summed E-state index contributed by atoms with van der Waals surface area (Å²) in [5.41, 5.74) is 10.6. The van der Waals surface area contributed by atoms with Crippen LogP contribution >= 0.6 is 0 Å². The normalized spacial score (nSPS) is 13.8. The summed E-state index contributed by atoms with van der Waals surface area (Å²) in [6.45, 7) is 9.55. The highest BCUT2D eigenvalue weighted by atomic mass is 14.7. The van der Waals surface area contributed by atoms with Crippen LogP contribution in [0.15, 0.2) is 47.5 Å². The third-order valence-electron chi connectivity index (χ3n) is 4.76. The maximum atomic E-state index is 4.89. The minimum atomic E-state index is 0.802. The van der Waals surface area contributed by atoms with Gasteiger partial charge in [0.1, 0.15) is 0 Å². The van der Waals surface area contributed by atoms with Crippen LogP contribution in [-0.4, -0.2) is 12.3 Å². The average molecular weight is 330 g/mol. The van der Waals surface area contributed by atoms with Gasteiger partial charge in [0.2, 0.25) is 0 Å². The van der Waals surface area contributed by atoms with Gasteiger partial charge in [-0.3, -0.25) is 4.99 Å². The van der Waals surface area contributed by atoms with Crippen molar-refractivity contribution >= 4 is 11.3 Å². The van der Waals surface area contributed by atoms with E-state index in [-0.39, 0.29) is 0 Å².